The summed E-state index contributed by atoms with van der Waals surface area (Å²) in [6, 6.07) is 11.4. The molecule has 0 spiro atoms. The summed E-state index contributed by atoms with van der Waals surface area (Å²) in [7, 11) is 0. The highest BCUT2D eigenvalue weighted by Gasteiger charge is 2.33. The Morgan fingerprint density at radius 2 is 2.12 bits per heavy atom. The molecule has 6 nitrogen and oxygen atoms in total. The summed E-state index contributed by atoms with van der Waals surface area (Å²) in [6.07, 6.45) is 1.52. The molecule has 3 heterocycles. The van der Waals surface area contributed by atoms with Gasteiger partial charge in [-0.1, -0.05) is 18.2 Å². The number of nitrogens with zero attached hydrogens (tertiary/aromatic N) is 4. The molecule has 1 aromatic carbocycles. The fourth-order valence-corrected chi connectivity index (χ4v) is 3.49. The van der Waals surface area contributed by atoms with Crippen LogP contribution in [-0.2, 0) is 4.74 Å². The number of carbonyl (C=O) groups is 1. The van der Waals surface area contributed by atoms with Gasteiger partial charge in [0.1, 0.15) is 12.4 Å². The molecule has 1 atom stereocenters. The predicted octanol–water partition coefficient (Wildman–Crippen LogP) is 2.54. The summed E-state index contributed by atoms with van der Waals surface area (Å²) in [6.45, 7) is 1.49. The number of hydrogen-bond acceptors (Lipinski definition) is 5. The number of para-hydroxylation sites is 1. The normalized spacial score (nSPS) is 17.8. The maximum absolute atomic E-state index is 12.8. The highest BCUT2D eigenvalue weighted by Crippen LogP contribution is 2.26. The van der Waals surface area contributed by atoms with E-state index >= 15 is 0 Å². The number of thiophene rings is 1. The van der Waals surface area contributed by atoms with Gasteiger partial charge in [-0.3, -0.25) is 4.79 Å². The lowest BCUT2D eigenvalue weighted by Crippen LogP contribution is -2.44. The summed E-state index contributed by atoms with van der Waals surface area (Å²) in [5.74, 6) is 0.719. The summed E-state index contributed by atoms with van der Waals surface area (Å²) in [4.78, 5) is 19.1. The Morgan fingerprint density at radius 3 is 2.92 bits per heavy atom. The van der Waals surface area contributed by atoms with Crippen LogP contribution in [0.3, 0.4) is 0 Å². The minimum Gasteiger partial charge on any atom is -0.377 e. The van der Waals surface area contributed by atoms with Crippen molar-refractivity contribution in [1.82, 2.24) is 19.7 Å². The molecule has 1 aliphatic heterocycles. The van der Waals surface area contributed by atoms with Crippen LogP contribution in [0, 0.1) is 0 Å². The zero-order chi connectivity index (χ0) is 16.4. The lowest BCUT2D eigenvalue weighted by Gasteiger charge is -2.34. The average Bonchev–Trinajstić information content (AvgIpc) is 3.33. The van der Waals surface area contributed by atoms with Gasteiger partial charge in [-0.15, -0.1) is 0 Å². The van der Waals surface area contributed by atoms with Gasteiger partial charge in [0.05, 0.1) is 24.5 Å². The lowest BCUT2D eigenvalue weighted by atomic mass is 10.1. The van der Waals surface area contributed by atoms with Crippen molar-refractivity contribution in [2.75, 3.05) is 19.8 Å². The number of ether oxygens (including phenoxy) is 1. The first-order valence-electron chi connectivity index (χ1n) is 7.71. The van der Waals surface area contributed by atoms with Crippen molar-refractivity contribution in [1.29, 1.82) is 0 Å². The van der Waals surface area contributed by atoms with E-state index in [0.29, 0.717) is 31.1 Å². The SMILES string of the molecule is O=C(c1ccsc1)N1CCOC[C@H]1c1ncnn1-c1ccccc1. The first-order chi connectivity index (χ1) is 11.8. The molecular formula is C17H16N4O2S. The largest absolute Gasteiger partial charge is 0.377 e. The van der Waals surface area contributed by atoms with Crippen molar-refractivity contribution in [3.63, 3.8) is 0 Å². The minimum absolute atomic E-state index is 0.00663. The van der Waals surface area contributed by atoms with E-state index in [-0.39, 0.29) is 11.9 Å². The highest BCUT2D eigenvalue weighted by molar-refractivity contribution is 7.08. The smallest absolute Gasteiger partial charge is 0.255 e. The lowest BCUT2D eigenvalue weighted by molar-refractivity contribution is -0.00576. The summed E-state index contributed by atoms with van der Waals surface area (Å²) < 4.78 is 7.39. The Labute approximate surface area is 143 Å². The van der Waals surface area contributed by atoms with Gasteiger partial charge in [-0.2, -0.15) is 16.4 Å². The Bertz CT molecular complexity index is 816. The first kappa shape index (κ1) is 15.0. The fraction of sp³-hybridized carbons (Fsp3) is 0.235. The monoisotopic (exact) mass is 340 g/mol. The Balaban J connectivity index is 1.70. The molecule has 1 amide bonds. The molecule has 1 saturated heterocycles. The number of morpholine rings is 1. The second-order valence-corrected chi connectivity index (χ2v) is 6.25. The summed E-state index contributed by atoms with van der Waals surface area (Å²) >= 11 is 1.52. The van der Waals surface area contributed by atoms with Crippen molar-refractivity contribution in [3.05, 3.63) is 64.9 Å². The number of amides is 1. The minimum atomic E-state index is -0.256. The second-order valence-electron chi connectivity index (χ2n) is 5.47. The van der Waals surface area contributed by atoms with Crippen LogP contribution in [0.4, 0.5) is 0 Å². The third-order valence-electron chi connectivity index (χ3n) is 4.03. The summed E-state index contributed by atoms with van der Waals surface area (Å²) in [5, 5.41) is 8.12. The molecule has 1 fully saturated rings. The van der Waals surface area contributed by atoms with Gasteiger partial charge in [0, 0.05) is 11.9 Å². The van der Waals surface area contributed by atoms with Crippen LogP contribution in [0.2, 0.25) is 0 Å². The van der Waals surface area contributed by atoms with Crippen molar-refractivity contribution >= 4 is 17.2 Å². The van der Waals surface area contributed by atoms with E-state index in [1.807, 2.05) is 52.1 Å². The van der Waals surface area contributed by atoms with E-state index in [2.05, 4.69) is 10.1 Å². The topological polar surface area (TPSA) is 60.3 Å². The number of rotatable bonds is 3. The fourth-order valence-electron chi connectivity index (χ4n) is 2.86. The zero-order valence-electron chi connectivity index (χ0n) is 12.9. The van der Waals surface area contributed by atoms with Gasteiger partial charge in [-0.25, -0.2) is 9.67 Å². The van der Waals surface area contributed by atoms with Crippen molar-refractivity contribution in [3.8, 4) is 5.69 Å². The number of aromatic nitrogens is 3. The standard InChI is InChI=1S/C17H16N4O2S/c22-17(13-6-9-24-11-13)20-7-8-23-10-15(20)16-18-12-19-21(16)14-4-2-1-3-5-14/h1-6,9,11-12,15H,7-8,10H2/t15-/m0/s1. The van der Waals surface area contributed by atoms with Gasteiger partial charge in [-0.05, 0) is 23.6 Å². The van der Waals surface area contributed by atoms with Gasteiger partial charge in [0.2, 0.25) is 0 Å². The number of benzene rings is 1. The third-order valence-corrected chi connectivity index (χ3v) is 4.71. The number of carbonyl (C=O) groups excluding carboxylic acids is 1. The molecule has 1 aliphatic rings. The van der Waals surface area contributed by atoms with E-state index in [1.165, 1.54) is 17.7 Å². The molecule has 0 N–H and O–H groups in total. The first-order valence-corrected chi connectivity index (χ1v) is 8.65. The van der Waals surface area contributed by atoms with Crippen LogP contribution < -0.4 is 0 Å². The van der Waals surface area contributed by atoms with Gasteiger partial charge >= 0.3 is 0 Å². The van der Waals surface area contributed by atoms with Crippen molar-refractivity contribution < 1.29 is 9.53 Å². The maximum Gasteiger partial charge on any atom is 0.255 e. The van der Waals surface area contributed by atoms with E-state index in [0.717, 1.165) is 5.69 Å². The van der Waals surface area contributed by atoms with E-state index in [4.69, 9.17) is 4.74 Å². The molecule has 2 aromatic heterocycles. The molecule has 0 bridgehead atoms. The van der Waals surface area contributed by atoms with Crippen LogP contribution >= 0.6 is 11.3 Å². The summed E-state index contributed by atoms with van der Waals surface area (Å²) in [5.41, 5.74) is 1.62. The molecule has 0 radical (unpaired) electrons. The molecule has 7 heteroatoms. The van der Waals surface area contributed by atoms with Gasteiger partial charge in [0.15, 0.2) is 5.82 Å². The molecule has 122 valence electrons. The van der Waals surface area contributed by atoms with Gasteiger partial charge in [0.25, 0.3) is 5.91 Å². The molecule has 24 heavy (non-hydrogen) atoms. The van der Waals surface area contributed by atoms with Crippen LogP contribution in [-0.4, -0.2) is 45.3 Å². The van der Waals surface area contributed by atoms with Crippen LogP contribution in [0.1, 0.15) is 22.2 Å². The molecular weight excluding hydrogens is 324 g/mol. The van der Waals surface area contributed by atoms with Crippen molar-refractivity contribution in [2.24, 2.45) is 0 Å². The molecule has 3 aromatic rings. The van der Waals surface area contributed by atoms with E-state index in [1.54, 1.807) is 4.68 Å². The van der Waals surface area contributed by atoms with Crippen LogP contribution in [0.25, 0.3) is 5.69 Å². The Hall–Kier alpha value is -2.51. The number of hydrogen-bond donors (Lipinski definition) is 0. The second kappa shape index (κ2) is 6.54. The third kappa shape index (κ3) is 2.72. The zero-order valence-corrected chi connectivity index (χ0v) is 13.7. The van der Waals surface area contributed by atoms with E-state index < -0.39 is 0 Å². The van der Waals surface area contributed by atoms with Gasteiger partial charge < -0.3 is 9.64 Å². The van der Waals surface area contributed by atoms with Crippen LogP contribution in [0.5, 0.6) is 0 Å². The molecule has 0 aliphatic carbocycles. The predicted molar refractivity (Wildman–Crippen MR) is 90.3 cm³/mol. The molecule has 0 saturated carbocycles. The quantitative estimate of drug-likeness (QED) is 0.735. The highest BCUT2D eigenvalue weighted by atomic mass is 32.1. The molecule has 4 rings (SSSR count). The molecule has 0 unspecified atom stereocenters. The average molecular weight is 340 g/mol. The maximum atomic E-state index is 12.8. The van der Waals surface area contributed by atoms with E-state index in [9.17, 15) is 4.79 Å². The van der Waals surface area contributed by atoms with Crippen LogP contribution in [0.15, 0.2) is 53.5 Å². The Kier molecular flexibility index (Phi) is 4.10. The van der Waals surface area contributed by atoms with Crippen molar-refractivity contribution in [2.45, 2.75) is 6.04 Å². The Morgan fingerprint density at radius 1 is 1.25 bits per heavy atom.